The Morgan fingerprint density at radius 3 is 2.82 bits per heavy atom. The highest BCUT2D eigenvalue weighted by Crippen LogP contribution is 2.34. The predicted octanol–water partition coefficient (Wildman–Crippen LogP) is 3.22. The number of hydrogen-bond acceptors (Lipinski definition) is 5. The van der Waals surface area contributed by atoms with Crippen LogP contribution in [0.2, 0.25) is 10.0 Å². The molecule has 1 aromatic heterocycles. The van der Waals surface area contributed by atoms with Gasteiger partial charge >= 0.3 is 0 Å². The van der Waals surface area contributed by atoms with E-state index in [0.29, 0.717) is 16.0 Å². The van der Waals surface area contributed by atoms with E-state index in [4.69, 9.17) is 29.0 Å². The number of nitrogens with zero attached hydrogens (tertiary/aromatic N) is 2. The zero-order valence-corrected chi connectivity index (χ0v) is 10.9. The lowest BCUT2D eigenvalue weighted by atomic mass is 10.4. The molecule has 2 rings (SSSR count). The zero-order valence-electron chi connectivity index (χ0n) is 8.52. The molecule has 4 nitrogen and oxygen atoms in total. The lowest BCUT2D eigenvalue weighted by Crippen LogP contribution is -2.10. The van der Waals surface area contributed by atoms with Crippen LogP contribution in [0.1, 0.15) is 0 Å². The van der Waals surface area contributed by atoms with E-state index < -0.39 is 0 Å². The zero-order chi connectivity index (χ0) is 12.3. The van der Waals surface area contributed by atoms with Gasteiger partial charge in [0.1, 0.15) is 5.03 Å². The van der Waals surface area contributed by atoms with Gasteiger partial charge in [-0.15, -0.1) is 0 Å². The number of halogens is 2. The molecule has 0 amide bonds. The summed E-state index contributed by atoms with van der Waals surface area (Å²) in [5, 5.41) is 1.99. The van der Waals surface area contributed by atoms with Crippen molar-refractivity contribution in [1.82, 2.24) is 9.97 Å². The highest BCUT2D eigenvalue weighted by Gasteiger charge is 2.05. The molecular formula is C10H8Cl2N4S. The normalized spacial score (nSPS) is 10.3. The number of benzene rings is 1. The van der Waals surface area contributed by atoms with Crippen molar-refractivity contribution in [3.05, 3.63) is 40.5 Å². The number of nitrogens with one attached hydrogen (secondary N) is 1. The Morgan fingerprint density at radius 2 is 2.06 bits per heavy atom. The SMILES string of the molecule is NNc1nccc(Sc2cc(Cl)ccc2Cl)n1. The summed E-state index contributed by atoms with van der Waals surface area (Å²) in [5.74, 6) is 5.59. The number of hydrogen-bond donors (Lipinski definition) is 2. The third-order valence-corrected chi connectivity index (χ3v) is 3.54. The van der Waals surface area contributed by atoms with Crippen LogP contribution in [0.5, 0.6) is 0 Å². The van der Waals surface area contributed by atoms with Crippen LogP contribution in [0, 0.1) is 0 Å². The summed E-state index contributed by atoms with van der Waals surface area (Å²) >= 11 is 13.4. The predicted molar refractivity (Wildman–Crippen MR) is 70.4 cm³/mol. The van der Waals surface area contributed by atoms with Crippen LogP contribution in [0.3, 0.4) is 0 Å². The number of rotatable bonds is 3. The van der Waals surface area contributed by atoms with Crippen molar-refractivity contribution in [3.63, 3.8) is 0 Å². The quantitative estimate of drug-likeness (QED) is 0.515. The molecule has 17 heavy (non-hydrogen) atoms. The molecule has 2 aromatic rings. The molecule has 0 aliphatic rings. The van der Waals surface area contributed by atoms with E-state index in [1.54, 1.807) is 30.5 Å². The lowest BCUT2D eigenvalue weighted by molar-refractivity contribution is 1.03. The van der Waals surface area contributed by atoms with Crippen molar-refractivity contribution < 1.29 is 0 Å². The first-order chi connectivity index (χ1) is 8.19. The van der Waals surface area contributed by atoms with Crippen LogP contribution in [0.4, 0.5) is 5.95 Å². The average Bonchev–Trinajstić information content (AvgIpc) is 2.34. The molecular weight excluding hydrogens is 279 g/mol. The smallest absolute Gasteiger partial charge is 0.238 e. The van der Waals surface area contributed by atoms with Crippen LogP contribution >= 0.6 is 35.0 Å². The third-order valence-electron chi connectivity index (χ3n) is 1.87. The molecule has 0 radical (unpaired) electrons. The van der Waals surface area contributed by atoms with E-state index >= 15 is 0 Å². The largest absolute Gasteiger partial charge is 0.292 e. The molecule has 1 aromatic carbocycles. The second-order valence-electron chi connectivity index (χ2n) is 3.04. The summed E-state index contributed by atoms with van der Waals surface area (Å²) in [6.07, 6.45) is 1.61. The molecule has 0 aliphatic heterocycles. The summed E-state index contributed by atoms with van der Waals surface area (Å²) < 4.78 is 0. The number of nitrogen functional groups attached to an aromatic ring is 1. The Kier molecular flexibility index (Phi) is 4.06. The minimum Gasteiger partial charge on any atom is -0.292 e. The fourth-order valence-electron chi connectivity index (χ4n) is 1.14. The van der Waals surface area contributed by atoms with E-state index in [1.807, 2.05) is 0 Å². The van der Waals surface area contributed by atoms with Crippen molar-refractivity contribution in [1.29, 1.82) is 0 Å². The van der Waals surface area contributed by atoms with Gasteiger partial charge in [0.15, 0.2) is 0 Å². The van der Waals surface area contributed by atoms with E-state index in [2.05, 4.69) is 15.4 Å². The van der Waals surface area contributed by atoms with E-state index in [9.17, 15) is 0 Å². The van der Waals surface area contributed by atoms with Gasteiger partial charge in [-0.3, -0.25) is 5.43 Å². The summed E-state index contributed by atoms with van der Waals surface area (Å²) in [7, 11) is 0. The fourth-order valence-corrected chi connectivity index (χ4v) is 2.44. The minimum atomic E-state index is 0.355. The Balaban J connectivity index is 2.27. The standard InChI is InChI=1S/C10H8Cl2N4S/c11-6-1-2-7(12)8(5-6)17-9-3-4-14-10(15-9)16-13/h1-5H,13H2,(H,14,15,16). The molecule has 3 N–H and O–H groups in total. The molecule has 0 spiro atoms. The van der Waals surface area contributed by atoms with Crippen molar-refractivity contribution in [2.24, 2.45) is 5.84 Å². The maximum atomic E-state index is 6.06. The Bertz CT molecular complexity index is 535. The minimum absolute atomic E-state index is 0.355. The fraction of sp³-hybridized carbons (Fsp3) is 0. The van der Waals surface area contributed by atoms with Crippen molar-refractivity contribution in [2.45, 2.75) is 9.92 Å². The van der Waals surface area contributed by atoms with E-state index in [-0.39, 0.29) is 0 Å². The van der Waals surface area contributed by atoms with Crippen LogP contribution < -0.4 is 11.3 Å². The first kappa shape index (κ1) is 12.4. The van der Waals surface area contributed by atoms with E-state index in [1.165, 1.54) is 11.8 Å². The van der Waals surface area contributed by atoms with Crippen molar-refractivity contribution >= 4 is 40.9 Å². The van der Waals surface area contributed by atoms with Gasteiger partial charge in [0.25, 0.3) is 0 Å². The molecule has 0 unspecified atom stereocenters. The van der Waals surface area contributed by atoms with Gasteiger partial charge in [-0.2, -0.15) is 0 Å². The van der Waals surface area contributed by atoms with Crippen LogP contribution in [-0.2, 0) is 0 Å². The molecule has 88 valence electrons. The van der Waals surface area contributed by atoms with Gasteiger partial charge in [-0.05, 0) is 24.3 Å². The molecule has 0 fully saturated rings. The second-order valence-corrected chi connectivity index (χ2v) is 4.95. The van der Waals surface area contributed by atoms with Crippen LogP contribution in [-0.4, -0.2) is 9.97 Å². The Labute approximate surface area is 113 Å². The first-order valence-corrected chi connectivity index (χ1v) is 6.19. The summed E-state index contributed by atoms with van der Waals surface area (Å²) in [6.45, 7) is 0. The monoisotopic (exact) mass is 286 g/mol. The topological polar surface area (TPSA) is 63.8 Å². The molecule has 0 saturated heterocycles. The van der Waals surface area contributed by atoms with Gasteiger partial charge in [0.2, 0.25) is 5.95 Å². The maximum absolute atomic E-state index is 6.06. The number of aromatic nitrogens is 2. The van der Waals surface area contributed by atoms with Gasteiger partial charge in [-0.1, -0.05) is 35.0 Å². The highest BCUT2D eigenvalue weighted by atomic mass is 35.5. The van der Waals surface area contributed by atoms with E-state index in [0.717, 1.165) is 9.92 Å². The maximum Gasteiger partial charge on any atom is 0.238 e. The molecule has 0 atom stereocenters. The highest BCUT2D eigenvalue weighted by molar-refractivity contribution is 7.99. The Morgan fingerprint density at radius 1 is 1.24 bits per heavy atom. The van der Waals surface area contributed by atoms with Gasteiger partial charge in [-0.25, -0.2) is 15.8 Å². The van der Waals surface area contributed by atoms with Gasteiger partial charge < -0.3 is 0 Å². The third kappa shape index (κ3) is 3.23. The molecule has 0 bridgehead atoms. The van der Waals surface area contributed by atoms with Gasteiger partial charge in [0.05, 0.1) is 5.02 Å². The number of hydrazine groups is 1. The summed E-state index contributed by atoms with van der Waals surface area (Å²) in [6, 6.07) is 7.03. The molecule has 7 heteroatoms. The summed E-state index contributed by atoms with van der Waals surface area (Å²) in [5.41, 5.74) is 2.38. The number of anilines is 1. The Hall–Kier alpha value is -1.01. The number of nitrogens with two attached hydrogens (primary N) is 1. The first-order valence-electron chi connectivity index (χ1n) is 4.61. The molecule has 0 saturated carbocycles. The average molecular weight is 287 g/mol. The molecule has 1 heterocycles. The summed E-state index contributed by atoms with van der Waals surface area (Å²) in [4.78, 5) is 8.93. The van der Waals surface area contributed by atoms with Crippen molar-refractivity contribution in [3.8, 4) is 0 Å². The van der Waals surface area contributed by atoms with Crippen LogP contribution in [0.15, 0.2) is 40.4 Å². The van der Waals surface area contributed by atoms with Crippen molar-refractivity contribution in [2.75, 3.05) is 5.43 Å². The molecule has 0 aliphatic carbocycles. The van der Waals surface area contributed by atoms with Crippen LogP contribution in [0.25, 0.3) is 0 Å². The van der Waals surface area contributed by atoms with Gasteiger partial charge in [0, 0.05) is 16.1 Å². The second kappa shape index (κ2) is 5.55. The lowest BCUT2D eigenvalue weighted by Gasteiger charge is -2.05.